The van der Waals surface area contributed by atoms with Crippen molar-refractivity contribution in [2.24, 2.45) is 5.92 Å². The first-order valence-corrected chi connectivity index (χ1v) is 6.61. The highest BCUT2D eigenvalue weighted by Gasteiger charge is 2.35. The fourth-order valence-corrected chi connectivity index (χ4v) is 3.49. The molecule has 0 radical (unpaired) electrons. The van der Waals surface area contributed by atoms with E-state index in [9.17, 15) is 4.79 Å². The minimum absolute atomic E-state index is 0.0920. The van der Waals surface area contributed by atoms with Gasteiger partial charge in [-0.3, -0.25) is 4.79 Å². The zero-order valence-corrected chi connectivity index (χ0v) is 9.52. The largest absolute Gasteiger partial charge is 0.370 e. The first kappa shape index (κ1) is 10.5. The molecular formula is C11H18O2S. The Bertz CT molecular complexity index is 211. The number of ether oxygens (including phenoxy) is 1. The van der Waals surface area contributed by atoms with Crippen molar-refractivity contribution in [3.63, 3.8) is 0 Å². The smallest absolute Gasteiger partial charge is 0.174 e. The molecule has 2 aliphatic heterocycles. The summed E-state index contributed by atoms with van der Waals surface area (Å²) in [6, 6.07) is 0. The standard InChI is InChI=1S/C11H18O2S/c1-8-5-6-13-11(8)10(12)9-4-2-3-7-14-9/h8-9,11H,2-7H2,1H3. The lowest BCUT2D eigenvalue weighted by Gasteiger charge is -2.24. The molecule has 0 bridgehead atoms. The molecule has 0 N–H and O–H groups in total. The molecule has 0 aromatic heterocycles. The second-order valence-electron chi connectivity index (χ2n) is 4.31. The van der Waals surface area contributed by atoms with Crippen LogP contribution in [0.4, 0.5) is 0 Å². The van der Waals surface area contributed by atoms with Gasteiger partial charge in [0.2, 0.25) is 0 Å². The summed E-state index contributed by atoms with van der Waals surface area (Å²) >= 11 is 1.83. The van der Waals surface area contributed by atoms with Crippen LogP contribution in [0, 0.1) is 5.92 Å². The summed E-state index contributed by atoms with van der Waals surface area (Å²) in [5.74, 6) is 1.95. The van der Waals surface area contributed by atoms with Gasteiger partial charge in [0.15, 0.2) is 5.78 Å². The van der Waals surface area contributed by atoms with E-state index in [0.717, 1.165) is 25.2 Å². The van der Waals surface area contributed by atoms with Gasteiger partial charge in [-0.05, 0) is 30.9 Å². The Kier molecular flexibility index (Phi) is 3.50. The molecule has 0 spiro atoms. The Morgan fingerprint density at radius 1 is 1.36 bits per heavy atom. The van der Waals surface area contributed by atoms with E-state index in [1.54, 1.807) is 0 Å². The molecule has 2 fully saturated rings. The number of rotatable bonds is 2. The molecule has 2 aliphatic rings. The van der Waals surface area contributed by atoms with Gasteiger partial charge in [-0.2, -0.15) is 11.8 Å². The van der Waals surface area contributed by atoms with Gasteiger partial charge in [-0.1, -0.05) is 13.3 Å². The zero-order valence-electron chi connectivity index (χ0n) is 8.70. The van der Waals surface area contributed by atoms with E-state index in [1.807, 2.05) is 11.8 Å². The van der Waals surface area contributed by atoms with Crippen molar-refractivity contribution in [2.45, 2.75) is 44.0 Å². The summed E-state index contributed by atoms with van der Waals surface area (Å²) in [7, 11) is 0. The van der Waals surface area contributed by atoms with E-state index < -0.39 is 0 Å². The number of Topliss-reactive ketones (excluding diaryl/α,β-unsaturated/α-hetero) is 1. The first-order valence-electron chi connectivity index (χ1n) is 5.56. The molecule has 0 amide bonds. The third kappa shape index (κ3) is 2.14. The molecule has 0 aromatic carbocycles. The molecule has 3 atom stereocenters. The number of carbonyl (C=O) groups is 1. The molecule has 3 unspecified atom stereocenters. The van der Waals surface area contributed by atoms with Crippen LogP contribution in [-0.4, -0.2) is 29.5 Å². The average Bonchev–Trinajstić information content (AvgIpc) is 2.65. The normalized spacial score (nSPS) is 38.5. The first-order chi connectivity index (χ1) is 6.79. The highest BCUT2D eigenvalue weighted by atomic mass is 32.2. The lowest BCUT2D eigenvalue weighted by molar-refractivity contribution is -0.128. The SMILES string of the molecule is CC1CCOC1C(=O)C1CCCCS1. The maximum absolute atomic E-state index is 12.1. The van der Waals surface area contributed by atoms with Crippen molar-refractivity contribution < 1.29 is 9.53 Å². The van der Waals surface area contributed by atoms with Gasteiger partial charge in [0.25, 0.3) is 0 Å². The maximum atomic E-state index is 12.1. The topological polar surface area (TPSA) is 26.3 Å². The van der Waals surface area contributed by atoms with Crippen molar-refractivity contribution in [2.75, 3.05) is 12.4 Å². The highest BCUT2D eigenvalue weighted by molar-refractivity contribution is 8.00. The Labute approximate surface area is 89.8 Å². The van der Waals surface area contributed by atoms with Crippen LogP contribution in [0.1, 0.15) is 32.6 Å². The van der Waals surface area contributed by atoms with Crippen molar-refractivity contribution in [3.05, 3.63) is 0 Å². The van der Waals surface area contributed by atoms with Gasteiger partial charge in [0, 0.05) is 6.61 Å². The van der Waals surface area contributed by atoms with Crippen LogP contribution in [-0.2, 0) is 9.53 Å². The Morgan fingerprint density at radius 2 is 2.21 bits per heavy atom. The van der Waals surface area contributed by atoms with Crippen LogP contribution in [0.2, 0.25) is 0 Å². The summed E-state index contributed by atoms with van der Waals surface area (Å²) in [5, 5.41) is 0.231. The average molecular weight is 214 g/mol. The Hall–Kier alpha value is -0.0200. The summed E-state index contributed by atoms with van der Waals surface area (Å²) in [5.41, 5.74) is 0. The zero-order chi connectivity index (χ0) is 9.97. The molecular weight excluding hydrogens is 196 g/mol. The minimum atomic E-state index is -0.0920. The molecule has 0 aromatic rings. The summed E-state index contributed by atoms with van der Waals surface area (Å²) < 4.78 is 5.52. The number of hydrogen-bond donors (Lipinski definition) is 0. The Morgan fingerprint density at radius 3 is 2.79 bits per heavy atom. The van der Waals surface area contributed by atoms with E-state index in [2.05, 4.69) is 6.92 Å². The predicted octanol–water partition coefficient (Wildman–Crippen LogP) is 2.27. The number of carbonyl (C=O) groups excluding carboxylic acids is 1. The predicted molar refractivity (Wildman–Crippen MR) is 58.6 cm³/mol. The maximum Gasteiger partial charge on any atom is 0.174 e. The number of hydrogen-bond acceptors (Lipinski definition) is 3. The molecule has 0 saturated carbocycles. The quantitative estimate of drug-likeness (QED) is 0.705. The van der Waals surface area contributed by atoms with Crippen molar-refractivity contribution >= 4 is 17.5 Å². The van der Waals surface area contributed by atoms with E-state index in [0.29, 0.717) is 11.7 Å². The van der Waals surface area contributed by atoms with Crippen LogP contribution in [0.5, 0.6) is 0 Å². The second-order valence-corrected chi connectivity index (χ2v) is 5.63. The molecule has 2 heterocycles. The van der Waals surface area contributed by atoms with Gasteiger partial charge in [0.05, 0.1) is 5.25 Å². The molecule has 3 heteroatoms. The summed E-state index contributed by atoms with van der Waals surface area (Å²) in [4.78, 5) is 12.1. The van der Waals surface area contributed by atoms with Crippen molar-refractivity contribution in [1.82, 2.24) is 0 Å². The summed E-state index contributed by atoms with van der Waals surface area (Å²) in [6.45, 7) is 2.90. The van der Waals surface area contributed by atoms with Gasteiger partial charge >= 0.3 is 0 Å². The molecule has 2 rings (SSSR count). The van der Waals surface area contributed by atoms with Crippen LogP contribution in [0.25, 0.3) is 0 Å². The second kappa shape index (κ2) is 4.67. The van der Waals surface area contributed by atoms with E-state index in [4.69, 9.17) is 4.74 Å². The highest BCUT2D eigenvalue weighted by Crippen LogP contribution is 2.31. The molecule has 2 saturated heterocycles. The van der Waals surface area contributed by atoms with E-state index >= 15 is 0 Å². The monoisotopic (exact) mass is 214 g/mol. The van der Waals surface area contributed by atoms with Gasteiger partial charge in [-0.15, -0.1) is 0 Å². The lowest BCUT2D eigenvalue weighted by atomic mass is 9.97. The van der Waals surface area contributed by atoms with Crippen molar-refractivity contribution in [3.8, 4) is 0 Å². The summed E-state index contributed by atoms with van der Waals surface area (Å²) in [6.07, 6.45) is 4.51. The Balaban J connectivity index is 1.92. The van der Waals surface area contributed by atoms with Crippen LogP contribution < -0.4 is 0 Å². The lowest BCUT2D eigenvalue weighted by Crippen LogP contribution is -2.34. The number of ketones is 1. The van der Waals surface area contributed by atoms with Gasteiger partial charge in [-0.25, -0.2) is 0 Å². The van der Waals surface area contributed by atoms with Crippen LogP contribution in [0.15, 0.2) is 0 Å². The van der Waals surface area contributed by atoms with Crippen LogP contribution in [0.3, 0.4) is 0 Å². The molecule has 80 valence electrons. The number of thioether (sulfide) groups is 1. The van der Waals surface area contributed by atoms with Gasteiger partial charge in [0.1, 0.15) is 6.10 Å². The van der Waals surface area contributed by atoms with Gasteiger partial charge < -0.3 is 4.74 Å². The molecule has 2 nitrogen and oxygen atoms in total. The third-order valence-electron chi connectivity index (χ3n) is 3.16. The van der Waals surface area contributed by atoms with E-state index in [1.165, 1.54) is 12.8 Å². The molecule has 0 aliphatic carbocycles. The van der Waals surface area contributed by atoms with Crippen LogP contribution >= 0.6 is 11.8 Å². The fraction of sp³-hybridized carbons (Fsp3) is 0.909. The van der Waals surface area contributed by atoms with E-state index in [-0.39, 0.29) is 11.4 Å². The third-order valence-corrected chi connectivity index (χ3v) is 4.56. The van der Waals surface area contributed by atoms with Crippen molar-refractivity contribution in [1.29, 1.82) is 0 Å². The fourth-order valence-electron chi connectivity index (χ4n) is 2.21. The minimum Gasteiger partial charge on any atom is -0.370 e. The molecule has 14 heavy (non-hydrogen) atoms.